The molecule has 0 heterocycles. The van der Waals surface area contributed by atoms with E-state index in [4.69, 9.17) is 5.11 Å². The van der Waals surface area contributed by atoms with Gasteiger partial charge in [0.25, 0.3) is 0 Å². The van der Waals surface area contributed by atoms with Crippen LogP contribution in [0.15, 0.2) is 291 Å². The Morgan fingerprint density at radius 1 is 0.254 bits per heavy atom. The Bertz CT molecular complexity index is 2500. The van der Waals surface area contributed by atoms with Gasteiger partial charge in [-0.2, -0.15) is 77.2 Å². The second-order valence-corrected chi connectivity index (χ2v) is 17.1. The van der Waals surface area contributed by atoms with E-state index in [0.29, 0.717) is 0 Å². The molecular formula is C61H51ClOSi2Zr2. The number of hydrogen-bond acceptors (Lipinski definition) is 1. The fourth-order valence-corrected chi connectivity index (χ4v) is 8.80. The van der Waals surface area contributed by atoms with Gasteiger partial charge < -0.3 is 17.5 Å². The van der Waals surface area contributed by atoms with Crippen molar-refractivity contribution in [2.45, 2.75) is 0 Å². The molecule has 1 nitrogen and oxygen atoms in total. The molecule has 12 aromatic rings. The van der Waals surface area contributed by atoms with Crippen molar-refractivity contribution in [3.63, 3.8) is 0 Å². The fourth-order valence-electron chi connectivity index (χ4n) is 6.70. The van der Waals surface area contributed by atoms with E-state index >= 15 is 0 Å². The maximum atomic E-state index is 8.25. The number of benzene rings is 8. The molecule has 12 aromatic carbocycles. The van der Waals surface area contributed by atoms with Gasteiger partial charge in [-0.1, -0.05) is 166 Å². The summed E-state index contributed by atoms with van der Waals surface area (Å²) < 4.78 is 0. The van der Waals surface area contributed by atoms with Crippen molar-refractivity contribution < 1.29 is 69.9 Å². The van der Waals surface area contributed by atoms with E-state index in [1.807, 2.05) is 0 Å². The van der Waals surface area contributed by atoms with Crippen LogP contribution < -0.4 is 38.3 Å². The first-order valence-electron chi connectivity index (χ1n) is 21.3. The van der Waals surface area contributed by atoms with Crippen LogP contribution in [0.1, 0.15) is 0 Å². The minimum absolute atomic E-state index is 0. The summed E-state index contributed by atoms with van der Waals surface area (Å²) >= 11 is 0. The summed E-state index contributed by atoms with van der Waals surface area (Å²) in [6, 6.07) is 101. The standard InChI is InChI=1S/2C12H10Si.4C9H7.CH3O.ClH.2Zr/c2*1-3-7-11(8-4-1)13-12-9-5-2-6-10-12;4*1-2-5-9-7-3-6-8(9)4-1;1-2;;;/h2*1-10H;4*1-7H;1H3;1H;;/q;;5*-1;;2*+3/p-1. The monoisotopic (exact) mass is 1070 g/mol. The van der Waals surface area contributed by atoms with Gasteiger partial charge in [0.2, 0.25) is 0 Å². The predicted molar refractivity (Wildman–Crippen MR) is 280 cm³/mol. The smallest absolute Gasteiger partial charge is 1.00 e. The van der Waals surface area contributed by atoms with Crippen molar-refractivity contribution in [3.8, 4) is 0 Å². The second kappa shape index (κ2) is 33.2. The molecule has 0 bridgehead atoms. The first kappa shape index (κ1) is 56.0. The minimum atomic E-state index is 0. The van der Waals surface area contributed by atoms with Crippen molar-refractivity contribution in [2.24, 2.45) is 0 Å². The molecule has 0 aliphatic rings. The summed E-state index contributed by atoms with van der Waals surface area (Å²) in [5, 5.41) is 24.5. The van der Waals surface area contributed by atoms with Crippen molar-refractivity contribution in [2.75, 3.05) is 7.11 Å². The predicted octanol–water partition coefficient (Wildman–Crippen LogP) is 8.89. The first-order valence-corrected chi connectivity index (χ1v) is 23.3. The van der Waals surface area contributed by atoms with Gasteiger partial charge in [0.05, 0.1) is 0 Å². The van der Waals surface area contributed by atoms with Crippen LogP contribution in [-0.2, 0) is 52.4 Å². The van der Waals surface area contributed by atoms with E-state index in [2.05, 4.69) is 291 Å². The maximum Gasteiger partial charge on any atom is 3.00 e. The quantitative estimate of drug-likeness (QED) is 0.128. The number of halogens is 1. The number of fused-ring (bicyclic) bond motifs is 4. The molecule has 324 valence electrons. The van der Waals surface area contributed by atoms with Crippen molar-refractivity contribution >= 4 is 82.9 Å². The molecule has 0 amide bonds. The molecule has 12 rings (SSSR count). The summed E-state index contributed by atoms with van der Waals surface area (Å²) in [6.07, 6.45) is 0. The second-order valence-electron chi connectivity index (χ2n) is 14.3. The van der Waals surface area contributed by atoms with E-state index in [1.54, 1.807) is 0 Å². The molecule has 0 aliphatic carbocycles. The van der Waals surface area contributed by atoms with Crippen LogP contribution in [0, 0.1) is 0 Å². The van der Waals surface area contributed by atoms with E-state index in [-0.39, 0.29) is 64.8 Å². The molecule has 0 fully saturated rings. The Morgan fingerprint density at radius 3 is 0.627 bits per heavy atom. The summed E-state index contributed by atoms with van der Waals surface area (Å²) in [7, 11) is 2.30. The molecule has 0 saturated heterocycles. The van der Waals surface area contributed by atoms with Crippen molar-refractivity contribution in [1.82, 2.24) is 0 Å². The van der Waals surface area contributed by atoms with E-state index < -0.39 is 0 Å². The topological polar surface area (TPSA) is 23.1 Å². The summed E-state index contributed by atoms with van der Waals surface area (Å²) in [5.74, 6) is 0. The third-order valence-corrected chi connectivity index (χ3v) is 12.4. The SMILES string of the molecule is C[O-].[Cl-].[Zr+3].[Zr+3].c1ccc([Si]c2ccccc2)cc1.c1ccc([Si]c2ccccc2)cc1.c1ccc2[cH-]ccc2c1.c1ccc2[cH-]ccc2c1.c1ccc2[cH-]ccc2c1.c1ccc2[cH-]ccc2c1. The Morgan fingerprint density at radius 2 is 0.433 bits per heavy atom. The summed E-state index contributed by atoms with van der Waals surface area (Å²) in [6.45, 7) is 0. The molecule has 0 unspecified atom stereocenters. The normalized spacial score (nSPS) is 9.40. The zero-order valence-corrected chi connectivity index (χ0v) is 45.2. The van der Waals surface area contributed by atoms with Gasteiger partial charge in [0, 0.05) is 0 Å². The van der Waals surface area contributed by atoms with Crippen LogP contribution in [0.2, 0.25) is 0 Å². The van der Waals surface area contributed by atoms with Crippen LogP contribution in [0.5, 0.6) is 0 Å². The zero-order chi connectivity index (χ0) is 44.3. The average Bonchev–Trinajstić information content (AvgIpc) is 4.23. The van der Waals surface area contributed by atoms with E-state index in [0.717, 1.165) is 26.1 Å². The summed E-state index contributed by atoms with van der Waals surface area (Å²) in [5.41, 5.74) is 0. The molecule has 0 aromatic heterocycles. The first-order chi connectivity index (χ1) is 31.8. The molecule has 0 saturated carbocycles. The fraction of sp³-hybridized carbons (Fsp3) is 0.0164. The number of rotatable bonds is 4. The van der Waals surface area contributed by atoms with Crippen LogP contribution in [-0.4, -0.2) is 26.1 Å². The van der Waals surface area contributed by atoms with E-state index in [1.165, 1.54) is 63.8 Å². The van der Waals surface area contributed by atoms with Crippen LogP contribution >= 0.6 is 0 Å². The maximum absolute atomic E-state index is 8.25. The third-order valence-electron chi connectivity index (χ3n) is 9.86. The molecule has 67 heavy (non-hydrogen) atoms. The largest absolute Gasteiger partial charge is 3.00 e. The molecule has 6 heteroatoms. The average molecular weight is 1070 g/mol. The molecule has 0 N–H and O–H groups in total. The van der Waals surface area contributed by atoms with Crippen LogP contribution in [0.25, 0.3) is 43.1 Å². The molecule has 0 aliphatic heterocycles. The van der Waals surface area contributed by atoms with Gasteiger partial charge in [0.1, 0.15) is 19.0 Å². The Kier molecular flexibility index (Phi) is 27.7. The van der Waals surface area contributed by atoms with Gasteiger partial charge in [-0.3, -0.25) is 0 Å². The molecular weight excluding hydrogens is 1020 g/mol. The van der Waals surface area contributed by atoms with Gasteiger partial charge in [0.15, 0.2) is 0 Å². The summed E-state index contributed by atoms with van der Waals surface area (Å²) in [4.78, 5) is 0. The minimum Gasteiger partial charge on any atom is -1.00 e. The Balaban J connectivity index is 0.000000211. The van der Waals surface area contributed by atoms with Gasteiger partial charge in [-0.25, -0.2) is 0 Å². The van der Waals surface area contributed by atoms with Crippen LogP contribution in [0.3, 0.4) is 0 Å². The Labute approximate surface area is 447 Å². The van der Waals surface area contributed by atoms with Crippen LogP contribution in [0.4, 0.5) is 0 Å². The molecule has 0 spiro atoms. The molecule has 0 atom stereocenters. The molecule has 6 radical (unpaired) electrons. The van der Waals surface area contributed by atoms with Gasteiger partial charge in [-0.05, 0) is 0 Å². The number of hydrogen-bond donors (Lipinski definition) is 0. The van der Waals surface area contributed by atoms with Crippen molar-refractivity contribution in [1.29, 1.82) is 0 Å². The Hall–Kier alpha value is -5.35. The van der Waals surface area contributed by atoms with Crippen molar-refractivity contribution in [3.05, 3.63) is 291 Å². The zero-order valence-electron chi connectivity index (χ0n) is 37.5. The van der Waals surface area contributed by atoms with Gasteiger partial charge in [-0.15, -0.1) is 119 Å². The third kappa shape index (κ3) is 19.8. The van der Waals surface area contributed by atoms with Gasteiger partial charge >= 0.3 is 52.4 Å². The van der Waals surface area contributed by atoms with E-state index in [9.17, 15) is 0 Å².